The predicted molar refractivity (Wildman–Crippen MR) is 106 cm³/mol. The molecule has 0 saturated carbocycles. The Labute approximate surface area is 165 Å². The first-order valence-electron chi connectivity index (χ1n) is 8.97. The summed E-state index contributed by atoms with van der Waals surface area (Å²) in [4.78, 5) is 12.7. The number of benzene rings is 2. The molecular formula is C20H24N2O5S. The molecule has 1 amide bonds. The van der Waals surface area contributed by atoms with Gasteiger partial charge in [-0.25, -0.2) is 8.42 Å². The van der Waals surface area contributed by atoms with Gasteiger partial charge in [-0.15, -0.1) is 0 Å². The zero-order chi connectivity index (χ0) is 20.3. The highest BCUT2D eigenvalue weighted by atomic mass is 32.2. The number of amides is 1. The maximum Gasteiger partial charge on any atom is 0.255 e. The van der Waals surface area contributed by atoms with Crippen LogP contribution in [-0.4, -0.2) is 52.0 Å². The van der Waals surface area contributed by atoms with Gasteiger partial charge in [0.05, 0.1) is 20.3 Å². The predicted octanol–water partition coefficient (Wildman–Crippen LogP) is 2.59. The Morgan fingerprint density at radius 3 is 2.50 bits per heavy atom. The minimum absolute atomic E-state index is 0.0227. The van der Waals surface area contributed by atoms with Crippen LogP contribution in [0.25, 0.3) is 0 Å². The quantitative estimate of drug-likeness (QED) is 0.828. The minimum atomic E-state index is -3.80. The van der Waals surface area contributed by atoms with E-state index in [9.17, 15) is 13.2 Å². The van der Waals surface area contributed by atoms with E-state index in [4.69, 9.17) is 9.47 Å². The number of nitrogens with one attached hydrogen (secondary N) is 1. The van der Waals surface area contributed by atoms with Crippen molar-refractivity contribution in [1.29, 1.82) is 0 Å². The Morgan fingerprint density at radius 2 is 1.82 bits per heavy atom. The van der Waals surface area contributed by atoms with Gasteiger partial charge in [0.15, 0.2) is 0 Å². The lowest BCUT2D eigenvalue weighted by Crippen LogP contribution is -2.40. The van der Waals surface area contributed by atoms with Gasteiger partial charge in [-0.2, -0.15) is 4.31 Å². The van der Waals surface area contributed by atoms with Crippen molar-refractivity contribution in [3.63, 3.8) is 0 Å². The number of rotatable bonds is 5. The van der Waals surface area contributed by atoms with E-state index in [0.717, 1.165) is 11.1 Å². The molecule has 0 atom stereocenters. The van der Waals surface area contributed by atoms with Crippen molar-refractivity contribution >= 4 is 21.6 Å². The first kappa shape index (κ1) is 20.3. The van der Waals surface area contributed by atoms with Gasteiger partial charge in [0, 0.05) is 24.3 Å². The van der Waals surface area contributed by atoms with Crippen LogP contribution in [-0.2, 0) is 14.8 Å². The maximum absolute atomic E-state index is 13.1. The zero-order valence-corrected chi connectivity index (χ0v) is 17.0. The molecule has 0 unspecified atom stereocenters. The molecule has 1 N–H and O–H groups in total. The summed E-state index contributed by atoms with van der Waals surface area (Å²) in [6, 6.07) is 10.2. The molecule has 2 aromatic carbocycles. The van der Waals surface area contributed by atoms with Crippen LogP contribution in [0.15, 0.2) is 41.3 Å². The summed E-state index contributed by atoms with van der Waals surface area (Å²) < 4.78 is 37.9. The molecule has 150 valence electrons. The van der Waals surface area contributed by atoms with Gasteiger partial charge in [0.2, 0.25) is 10.0 Å². The lowest BCUT2D eigenvalue weighted by atomic mass is 10.1. The van der Waals surface area contributed by atoms with Gasteiger partial charge in [-0.05, 0) is 49.2 Å². The summed E-state index contributed by atoms with van der Waals surface area (Å²) >= 11 is 0. The molecule has 7 nitrogen and oxygen atoms in total. The Hall–Kier alpha value is -2.42. The first-order chi connectivity index (χ1) is 13.3. The molecule has 8 heteroatoms. The Bertz CT molecular complexity index is 982. The van der Waals surface area contributed by atoms with Gasteiger partial charge in [-0.1, -0.05) is 12.1 Å². The fourth-order valence-corrected chi connectivity index (χ4v) is 4.60. The smallest absolute Gasteiger partial charge is 0.255 e. The summed E-state index contributed by atoms with van der Waals surface area (Å²) in [6.07, 6.45) is 0. The standard InChI is InChI=1S/C20H24N2O5S/c1-14-4-5-15(2)17(12-14)21-20(23)16-6-7-18(26-3)19(13-16)28(24,25)22-8-10-27-11-9-22/h4-7,12-13H,8-11H2,1-3H3,(H,21,23). The number of hydrogen-bond acceptors (Lipinski definition) is 5. The van der Waals surface area contributed by atoms with Crippen molar-refractivity contribution < 1.29 is 22.7 Å². The molecule has 1 fully saturated rings. The van der Waals surface area contributed by atoms with E-state index in [1.807, 2.05) is 32.0 Å². The van der Waals surface area contributed by atoms with E-state index in [0.29, 0.717) is 18.9 Å². The van der Waals surface area contributed by atoms with E-state index < -0.39 is 10.0 Å². The SMILES string of the molecule is COc1ccc(C(=O)Nc2cc(C)ccc2C)cc1S(=O)(=O)N1CCOCC1. The van der Waals surface area contributed by atoms with Crippen LogP contribution >= 0.6 is 0 Å². The number of methoxy groups -OCH3 is 1. The molecule has 0 spiro atoms. The molecule has 1 saturated heterocycles. The van der Waals surface area contributed by atoms with Crippen LogP contribution in [0.1, 0.15) is 21.5 Å². The zero-order valence-electron chi connectivity index (χ0n) is 16.2. The van der Waals surface area contributed by atoms with Crippen LogP contribution in [0.5, 0.6) is 5.75 Å². The van der Waals surface area contributed by atoms with E-state index in [1.165, 1.54) is 23.5 Å². The van der Waals surface area contributed by atoms with Gasteiger partial charge in [0.1, 0.15) is 10.6 Å². The third kappa shape index (κ3) is 4.19. The van der Waals surface area contributed by atoms with Crippen molar-refractivity contribution in [2.45, 2.75) is 18.7 Å². The molecule has 0 aliphatic carbocycles. The molecule has 0 radical (unpaired) electrons. The second kappa shape index (κ2) is 8.30. The molecule has 1 aliphatic rings. The largest absolute Gasteiger partial charge is 0.495 e. The number of anilines is 1. The summed E-state index contributed by atoms with van der Waals surface area (Å²) in [5.74, 6) is -0.176. The highest BCUT2D eigenvalue weighted by Crippen LogP contribution is 2.29. The topological polar surface area (TPSA) is 84.9 Å². The average molecular weight is 404 g/mol. The highest BCUT2D eigenvalue weighted by molar-refractivity contribution is 7.89. The summed E-state index contributed by atoms with van der Waals surface area (Å²) in [7, 11) is -2.39. The molecule has 0 aromatic heterocycles. The second-order valence-electron chi connectivity index (χ2n) is 6.65. The molecule has 28 heavy (non-hydrogen) atoms. The van der Waals surface area contributed by atoms with Crippen molar-refractivity contribution in [3.8, 4) is 5.75 Å². The van der Waals surface area contributed by atoms with Gasteiger partial charge in [0.25, 0.3) is 5.91 Å². The molecule has 1 aliphatic heterocycles. The Morgan fingerprint density at radius 1 is 1.11 bits per heavy atom. The van der Waals surface area contributed by atoms with Crippen molar-refractivity contribution in [2.24, 2.45) is 0 Å². The van der Waals surface area contributed by atoms with E-state index in [1.54, 1.807) is 6.07 Å². The van der Waals surface area contributed by atoms with Crippen LogP contribution in [0, 0.1) is 13.8 Å². The van der Waals surface area contributed by atoms with E-state index >= 15 is 0 Å². The molecule has 2 aromatic rings. The third-order valence-electron chi connectivity index (χ3n) is 4.65. The van der Waals surface area contributed by atoms with Crippen molar-refractivity contribution in [1.82, 2.24) is 4.31 Å². The van der Waals surface area contributed by atoms with E-state index in [2.05, 4.69) is 5.32 Å². The number of ether oxygens (including phenoxy) is 2. The average Bonchev–Trinajstić information content (AvgIpc) is 2.70. The summed E-state index contributed by atoms with van der Waals surface area (Å²) in [5, 5.41) is 2.85. The van der Waals surface area contributed by atoms with Crippen LogP contribution in [0.2, 0.25) is 0 Å². The lowest BCUT2D eigenvalue weighted by Gasteiger charge is -2.26. The minimum Gasteiger partial charge on any atom is -0.495 e. The van der Waals surface area contributed by atoms with Gasteiger partial charge >= 0.3 is 0 Å². The van der Waals surface area contributed by atoms with Crippen molar-refractivity contribution in [3.05, 3.63) is 53.1 Å². The van der Waals surface area contributed by atoms with Gasteiger partial charge < -0.3 is 14.8 Å². The Kier molecular flexibility index (Phi) is 6.02. The monoisotopic (exact) mass is 404 g/mol. The molecular weight excluding hydrogens is 380 g/mol. The number of carbonyl (C=O) groups is 1. The van der Waals surface area contributed by atoms with E-state index in [-0.39, 0.29) is 35.2 Å². The summed E-state index contributed by atoms with van der Waals surface area (Å²) in [6.45, 7) is 5.06. The van der Waals surface area contributed by atoms with Crippen LogP contribution < -0.4 is 10.1 Å². The normalized spacial score (nSPS) is 15.2. The van der Waals surface area contributed by atoms with Crippen molar-refractivity contribution in [2.75, 3.05) is 38.7 Å². The van der Waals surface area contributed by atoms with Crippen LogP contribution in [0.4, 0.5) is 5.69 Å². The number of nitrogens with zero attached hydrogens (tertiary/aromatic N) is 1. The molecule has 3 rings (SSSR count). The van der Waals surface area contributed by atoms with Gasteiger partial charge in [-0.3, -0.25) is 4.79 Å². The number of sulfonamides is 1. The highest BCUT2D eigenvalue weighted by Gasteiger charge is 2.30. The second-order valence-corrected chi connectivity index (χ2v) is 8.56. The maximum atomic E-state index is 13.1. The number of morpholine rings is 1. The number of hydrogen-bond donors (Lipinski definition) is 1. The fraction of sp³-hybridized carbons (Fsp3) is 0.350. The Balaban J connectivity index is 1.94. The lowest BCUT2D eigenvalue weighted by molar-refractivity contribution is 0.0729. The molecule has 1 heterocycles. The number of carbonyl (C=O) groups excluding carboxylic acids is 1. The summed E-state index contributed by atoms with van der Waals surface area (Å²) in [5.41, 5.74) is 2.88. The fourth-order valence-electron chi connectivity index (χ4n) is 3.01. The van der Waals surface area contributed by atoms with Crippen LogP contribution in [0.3, 0.4) is 0 Å². The molecule has 0 bridgehead atoms. The first-order valence-corrected chi connectivity index (χ1v) is 10.4. The third-order valence-corrected chi connectivity index (χ3v) is 6.57. The number of aryl methyl sites for hydroxylation is 2.